The fourth-order valence-corrected chi connectivity index (χ4v) is 4.02. The lowest BCUT2D eigenvalue weighted by atomic mass is 10.0. The number of hydrogen-bond acceptors (Lipinski definition) is 7. The van der Waals surface area contributed by atoms with Gasteiger partial charge in [-0.3, -0.25) is 0 Å². The maximum absolute atomic E-state index is 9.58. The Balaban J connectivity index is 1.70. The number of nitrogens with zero attached hydrogens (tertiary/aromatic N) is 3. The van der Waals surface area contributed by atoms with Gasteiger partial charge in [0, 0.05) is 42.6 Å². The summed E-state index contributed by atoms with van der Waals surface area (Å²) in [5.74, 6) is 2.93. The Kier molecular flexibility index (Phi) is 6.10. The monoisotopic (exact) mass is 418 g/mol. The van der Waals surface area contributed by atoms with Crippen molar-refractivity contribution in [2.75, 3.05) is 45.4 Å². The minimum atomic E-state index is 0.164. The molecule has 0 amide bonds. The molecule has 1 fully saturated rings. The quantitative estimate of drug-likeness (QED) is 0.654. The fraction of sp³-hybridized carbons (Fsp3) is 0.333. The molecule has 1 N–H and O–H groups in total. The minimum Gasteiger partial charge on any atom is -0.494 e. The Morgan fingerprint density at radius 1 is 1.13 bits per heavy atom. The maximum Gasteiger partial charge on any atom is 0.161 e. The van der Waals surface area contributed by atoms with Crippen LogP contribution < -0.4 is 24.4 Å². The van der Waals surface area contributed by atoms with Crippen molar-refractivity contribution < 1.29 is 14.2 Å². The molecule has 1 saturated heterocycles. The highest BCUT2D eigenvalue weighted by Crippen LogP contribution is 2.38. The van der Waals surface area contributed by atoms with Gasteiger partial charge in [0.1, 0.15) is 17.6 Å². The molecule has 0 spiro atoms. The third kappa shape index (κ3) is 4.07. The molecule has 160 valence electrons. The zero-order valence-electron chi connectivity index (χ0n) is 18.0. The van der Waals surface area contributed by atoms with Gasteiger partial charge in [0.15, 0.2) is 11.5 Å². The van der Waals surface area contributed by atoms with Crippen LogP contribution in [0.5, 0.6) is 17.2 Å². The van der Waals surface area contributed by atoms with E-state index in [-0.39, 0.29) is 6.04 Å². The summed E-state index contributed by atoms with van der Waals surface area (Å²) in [7, 11) is 3.20. The van der Waals surface area contributed by atoms with Crippen LogP contribution in [0.3, 0.4) is 0 Å². The summed E-state index contributed by atoms with van der Waals surface area (Å²) < 4.78 is 16.5. The van der Waals surface area contributed by atoms with Gasteiger partial charge in [-0.25, -0.2) is 4.98 Å². The number of hydrogen-bond donors (Lipinski definition) is 1. The van der Waals surface area contributed by atoms with Crippen molar-refractivity contribution in [1.82, 2.24) is 10.3 Å². The summed E-state index contributed by atoms with van der Waals surface area (Å²) >= 11 is 0. The first kappa shape index (κ1) is 20.8. The standard InChI is InChI=1S/C24H26N4O3/c1-4-31-18-7-5-16(6-8-18)21-15-28(10-9-26-21)24-20-12-23(30-3)22(29-2)11-19(20)17(13-25)14-27-24/h5-8,11-12,14,21,26H,4,9-10,15H2,1-3H3. The smallest absolute Gasteiger partial charge is 0.161 e. The van der Waals surface area contributed by atoms with Crippen LogP contribution in [0.2, 0.25) is 0 Å². The number of nitrogens with one attached hydrogen (secondary N) is 1. The molecule has 1 aromatic heterocycles. The first-order chi connectivity index (χ1) is 15.2. The second-order valence-corrected chi connectivity index (χ2v) is 7.31. The van der Waals surface area contributed by atoms with Crippen molar-refractivity contribution in [3.8, 4) is 23.3 Å². The Bertz CT molecular complexity index is 1110. The second-order valence-electron chi connectivity index (χ2n) is 7.31. The topological polar surface area (TPSA) is 79.6 Å². The highest BCUT2D eigenvalue weighted by molar-refractivity contribution is 5.98. The summed E-state index contributed by atoms with van der Waals surface area (Å²) in [5.41, 5.74) is 1.71. The summed E-state index contributed by atoms with van der Waals surface area (Å²) in [4.78, 5) is 6.92. The van der Waals surface area contributed by atoms with E-state index < -0.39 is 0 Å². The maximum atomic E-state index is 9.58. The van der Waals surface area contributed by atoms with E-state index in [1.54, 1.807) is 20.4 Å². The SMILES string of the molecule is CCOc1ccc(C2CN(c3ncc(C#N)c4cc(OC)c(OC)cc34)CCN2)cc1. The molecule has 7 nitrogen and oxygen atoms in total. The highest BCUT2D eigenvalue weighted by atomic mass is 16.5. The molecule has 3 aromatic rings. The first-order valence-corrected chi connectivity index (χ1v) is 10.3. The lowest BCUT2D eigenvalue weighted by molar-refractivity contribution is 0.340. The lowest BCUT2D eigenvalue weighted by Gasteiger charge is -2.35. The Morgan fingerprint density at radius 2 is 1.84 bits per heavy atom. The summed E-state index contributed by atoms with van der Waals surface area (Å²) in [6, 6.07) is 14.4. The van der Waals surface area contributed by atoms with Gasteiger partial charge >= 0.3 is 0 Å². The van der Waals surface area contributed by atoms with Gasteiger partial charge in [0.2, 0.25) is 0 Å². The second kappa shape index (κ2) is 9.11. The van der Waals surface area contributed by atoms with Crippen molar-refractivity contribution in [3.63, 3.8) is 0 Å². The van der Waals surface area contributed by atoms with E-state index in [9.17, 15) is 5.26 Å². The van der Waals surface area contributed by atoms with Crippen LogP contribution in [0.4, 0.5) is 5.82 Å². The van der Waals surface area contributed by atoms with Crippen LogP contribution in [0.25, 0.3) is 10.8 Å². The van der Waals surface area contributed by atoms with Crippen molar-refractivity contribution in [2.45, 2.75) is 13.0 Å². The van der Waals surface area contributed by atoms with E-state index in [4.69, 9.17) is 14.2 Å². The van der Waals surface area contributed by atoms with Gasteiger partial charge in [-0.2, -0.15) is 5.26 Å². The van der Waals surface area contributed by atoms with E-state index in [0.29, 0.717) is 23.7 Å². The van der Waals surface area contributed by atoms with Crippen molar-refractivity contribution >= 4 is 16.6 Å². The number of fused-ring (bicyclic) bond motifs is 1. The first-order valence-electron chi connectivity index (χ1n) is 10.3. The van der Waals surface area contributed by atoms with Crippen LogP contribution in [-0.4, -0.2) is 45.4 Å². The third-order valence-electron chi connectivity index (χ3n) is 5.56. The summed E-state index contributed by atoms with van der Waals surface area (Å²) in [6.07, 6.45) is 1.64. The molecule has 0 saturated carbocycles. The number of benzene rings is 2. The average Bonchev–Trinajstić information content (AvgIpc) is 2.83. The number of nitriles is 1. The molecule has 0 radical (unpaired) electrons. The predicted molar refractivity (Wildman–Crippen MR) is 120 cm³/mol. The summed E-state index contributed by atoms with van der Waals surface area (Å²) in [5, 5.41) is 14.9. The van der Waals surface area contributed by atoms with E-state index in [2.05, 4.69) is 33.4 Å². The number of aromatic nitrogens is 1. The van der Waals surface area contributed by atoms with Gasteiger partial charge < -0.3 is 24.4 Å². The molecule has 1 aliphatic heterocycles. The minimum absolute atomic E-state index is 0.164. The number of rotatable bonds is 6. The van der Waals surface area contributed by atoms with Crippen molar-refractivity contribution in [2.24, 2.45) is 0 Å². The third-order valence-corrected chi connectivity index (χ3v) is 5.56. The van der Waals surface area contributed by atoms with Crippen LogP contribution in [-0.2, 0) is 0 Å². The molecule has 4 rings (SSSR count). The Morgan fingerprint density at radius 3 is 2.48 bits per heavy atom. The molecular formula is C24H26N4O3. The molecule has 31 heavy (non-hydrogen) atoms. The number of pyridine rings is 1. The van der Waals surface area contributed by atoms with E-state index in [1.165, 1.54) is 5.56 Å². The highest BCUT2D eigenvalue weighted by Gasteiger charge is 2.24. The van der Waals surface area contributed by atoms with Gasteiger partial charge in [-0.1, -0.05) is 12.1 Å². The number of ether oxygens (including phenoxy) is 3. The average molecular weight is 418 g/mol. The Labute approximate surface area is 182 Å². The molecule has 7 heteroatoms. The zero-order chi connectivity index (χ0) is 21.8. The molecule has 1 aliphatic rings. The van der Waals surface area contributed by atoms with Crippen LogP contribution in [0, 0.1) is 11.3 Å². The Hall–Kier alpha value is -3.50. The largest absolute Gasteiger partial charge is 0.494 e. The number of anilines is 1. The fourth-order valence-electron chi connectivity index (χ4n) is 4.02. The van der Waals surface area contributed by atoms with E-state index in [0.717, 1.165) is 42.0 Å². The molecule has 2 aromatic carbocycles. The van der Waals surface area contributed by atoms with Crippen LogP contribution in [0.15, 0.2) is 42.6 Å². The predicted octanol–water partition coefficient (Wildman–Crippen LogP) is 3.67. The molecule has 1 unspecified atom stereocenters. The van der Waals surface area contributed by atoms with Crippen LogP contribution >= 0.6 is 0 Å². The van der Waals surface area contributed by atoms with E-state index in [1.807, 2.05) is 31.2 Å². The van der Waals surface area contributed by atoms with Gasteiger partial charge in [0.25, 0.3) is 0 Å². The normalized spacial score (nSPS) is 16.1. The summed E-state index contributed by atoms with van der Waals surface area (Å²) in [6.45, 7) is 5.04. The van der Waals surface area contributed by atoms with Gasteiger partial charge in [-0.05, 0) is 36.8 Å². The van der Waals surface area contributed by atoms with Crippen molar-refractivity contribution in [1.29, 1.82) is 5.26 Å². The van der Waals surface area contributed by atoms with Gasteiger partial charge in [0.05, 0.1) is 26.4 Å². The molecule has 0 aliphatic carbocycles. The number of methoxy groups -OCH3 is 2. The molecule has 2 heterocycles. The molecule has 0 bridgehead atoms. The van der Waals surface area contributed by atoms with Crippen LogP contribution in [0.1, 0.15) is 24.1 Å². The molecule has 1 atom stereocenters. The molecular weight excluding hydrogens is 392 g/mol. The number of piperazine rings is 1. The zero-order valence-corrected chi connectivity index (χ0v) is 18.0. The van der Waals surface area contributed by atoms with Crippen molar-refractivity contribution in [3.05, 3.63) is 53.7 Å². The lowest BCUT2D eigenvalue weighted by Crippen LogP contribution is -2.46. The van der Waals surface area contributed by atoms with E-state index >= 15 is 0 Å². The van der Waals surface area contributed by atoms with Gasteiger partial charge in [-0.15, -0.1) is 0 Å².